The summed E-state index contributed by atoms with van der Waals surface area (Å²) in [7, 11) is 0. The smallest absolute Gasteiger partial charge is 0.222 e. The normalized spacial score (nSPS) is 19.9. The number of rotatable bonds is 7. The fourth-order valence-corrected chi connectivity index (χ4v) is 2.32. The van der Waals surface area contributed by atoms with Gasteiger partial charge in [0.15, 0.2) is 0 Å². The third-order valence-electron chi connectivity index (χ3n) is 3.26. The average Bonchev–Trinajstić information content (AvgIpc) is 2.36. The molecule has 0 spiro atoms. The van der Waals surface area contributed by atoms with Crippen LogP contribution in [0.4, 0.5) is 0 Å². The number of nitrogens with one attached hydrogen (secondary N) is 1. The lowest BCUT2D eigenvalue weighted by Gasteiger charge is -2.30. The molecular weight excluding hydrogens is 212 g/mol. The minimum absolute atomic E-state index is 0.277. The topological polar surface area (TPSA) is 32.3 Å². The van der Waals surface area contributed by atoms with Gasteiger partial charge < -0.3 is 10.2 Å². The summed E-state index contributed by atoms with van der Waals surface area (Å²) in [6.07, 6.45) is 8.02. The van der Waals surface area contributed by atoms with Crippen molar-refractivity contribution in [1.29, 1.82) is 0 Å². The van der Waals surface area contributed by atoms with E-state index in [1.807, 2.05) is 11.0 Å². The van der Waals surface area contributed by atoms with Gasteiger partial charge >= 0.3 is 0 Å². The van der Waals surface area contributed by atoms with Gasteiger partial charge in [-0.1, -0.05) is 19.4 Å². The van der Waals surface area contributed by atoms with Gasteiger partial charge in [-0.15, -0.1) is 6.58 Å². The second-order valence-corrected chi connectivity index (χ2v) is 4.81. The molecule has 1 atom stereocenters. The predicted octanol–water partition coefficient (Wildman–Crippen LogP) is 2.33. The molecule has 0 radical (unpaired) electrons. The maximum absolute atomic E-state index is 12.0. The molecule has 0 saturated carbocycles. The second kappa shape index (κ2) is 8.29. The fourth-order valence-electron chi connectivity index (χ4n) is 2.32. The summed E-state index contributed by atoms with van der Waals surface area (Å²) in [4.78, 5) is 14.0. The third-order valence-corrected chi connectivity index (χ3v) is 3.26. The number of hydrogen-bond donors (Lipinski definition) is 1. The summed E-state index contributed by atoms with van der Waals surface area (Å²) >= 11 is 0. The molecule has 3 heteroatoms. The van der Waals surface area contributed by atoms with E-state index in [9.17, 15) is 4.79 Å². The summed E-state index contributed by atoms with van der Waals surface area (Å²) in [5, 5.41) is 3.50. The summed E-state index contributed by atoms with van der Waals surface area (Å²) < 4.78 is 0. The van der Waals surface area contributed by atoms with Crippen molar-refractivity contribution in [2.75, 3.05) is 19.6 Å². The van der Waals surface area contributed by atoms with Crippen LogP contribution in [0.2, 0.25) is 0 Å². The van der Waals surface area contributed by atoms with Crippen LogP contribution in [0.25, 0.3) is 0 Å². The van der Waals surface area contributed by atoms with Crippen LogP contribution in [-0.4, -0.2) is 36.5 Å². The lowest BCUT2D eigenvalue weighted by Crippen LogP contribution is -2.46. The van der Waals surface area contributed by atoms with Gasteiger partial charge in [0.2, 0.25) is 5.91 Å². The molecule has 0 aliphatic carbocycles. The lowest BCUT2D eigenvalue weighted by atomic mass is 10.0. The van der Waals surface area contributed by atoms with Crippen molar-refractivity contribution in [3.05, 3.63) is 12.7 Å². The Bertz CT molecular complexity index is 234. The van der Waals surface area contributed by atoms with E-state index in [1.165, 1.54) is 19.3 Å². The first-order valence-electron chi connectivity index (χ1n) is 6.90. The largest absolute Gasteiger partial charge is 0.341 e. The number of hydrogen-bond acceptors (Lipinski definition) is 2. The first kappa shape index (κ1) is 14.2. The van der Waals surface area contributed by atoms with Gasteiger partial charge in [-0.25, -0.2) is 0 Å². The summed E-state index contributed by atoms with van der Waals surface area (Å²) in [6.45, 7) is 8.66. The standard InChI is InChI=1S/C14H26N2O/c1-3-5-9-14(17)16(11-4-2)12-13-8-6-7-10-15-13/h3,13,15H,1,4-12H2,2H3. The molecule has 1 amide bonds. The van der Waals surface area contributed by atoms with Crippen LogP contribution in [0.15, 0.2) is 12.7 Å². The Balaban J connectivity index is 2.39. The Labute approximate surface area is 105 Å². The molecule has 1 aliphatic heterocycles. The Morgan fingerprint density at radius 2 is 2.35 bits per heavy atom. The molecule has 0 bridgehead atoms. The molecule has 0 aromatic carbocycles. The monoisotopic (exact) mass is 238 g/mol. The number of piperidine rings is 1. The van der Waals surface area contributed by atoms with E-state index in [2.05, 4.69) is 18.8 Å². The highest BCUT2D eigenvalue weighted by Crippen LogP contribution is 2.10. The zero-order chi connectivity index (χ0) is 12.5. The zero-order valence-electron chi connectivity index (χ0n) is 11.1. The molecule has 1 N–H and O–H groups in total. The van der Waals surface area contributed by atoms with Gasteiger partial charge in [0.1, 0.15) is 0 Å². The van der Waals surface area contributed by atoms with Crippen molar-refractivity contribution in [3.8, 4) is 0 Å². The van der Waals surface area contributed by atoms with E-state index in [-0.39, 0.29) is 5.91 Å². The Morgan fingerprint density at radius 3 is 2.94 bits per heavy atom. The summed E-state index contributed by atoms with van der Waals surface area (Å²) in [6, 6.07) is 0.503. The lowest BCUT2D eigenvalue weighted by molar-refractivity contribution is -0.131. The highest BCUT2D eigenvalue weighted by atomic mass is 16.2. The van der Waals surface area contributed by atoms with Gasteiger partial charge in [0, 0.05) is 25.6 Å². The van der Waals surface area contributed by atoms with Gasteiger partial charge in [0.05, 0.1) is 0 Å². The summed E-state index contributed by atoms with van der Waals surface area (Å²) in [5.41, 5.74) is 0. The van der Waals surface area contributed by atoms with Crippen molar-refractivity contribution < 1.29 is 4.79 Å². The molecule has 17 heavy (non-hydrogen) atoms. The summed E-state index contributed by atoms with van der Waals surface area (Å²) in [5.74, 6) is 0.277. The van der Waals surface area contributed by atoms with Crippen LogP contribution in [0.1, 0.15) is 45.4 Å². The average molecular weight is 238 g/mol. The Morgan fingerprint density at radius 1 is 1.53 bits per heavy atom. The number of carbonyl (C=O) groups excluding carboxylic acids is 1. The molecular formula is C14H26N2O. The van der Waals surface area contributed by atoms with Crippen LogP contribution in [0, 0.1) is 0 Å². The van der Waals surface area contributed by atoms with E-state index in [1.54, 1.807) is 0 Å². The van der Waals surface area contributed by atoms with E-state index in [4.69, 9.17) is 0 Å². The van der Waals surface area contributed by atoms with Gasteiger partial charge in [0.25, 0.3) is 0 Å². The van der Waals surface area contributed by atoms with Crippen LogP contribution in [0.3, 0.4) is 0 Å². The molecule has 1 fully saturated rings. The minimum Gasteiger partial charge on any atom is -0.341 e. The molecule has 1 heterocycles. The van der Waals surface area contributed by atoms with E-state index >= 15 is 0 Å². The zero-order valence-corrected chi connectivity index (χ0v) is 11.1. The van der Waals surface area contributed by atoms with Crippen molar-refractivity contribution in [2.45, 2.75) is 51.5 Å². The van der Waals surface area contributed by atoms with Crippen LogP contribution < -0.4 is 5.32 Å². The fraction of sp³-hybridized carbons (Fsp3) is 0.786. The first-order valence-corrected chi connectivity index (χ1v) is 6.90. The molecule has 1 saturated heterocycles. The predicted molar refractivity (Wildman–Crippen MR) is 71.9 cm³/mol. The molecule has 1 aliphatic rings. The number of carbonyl (C=O) groups is 1. The maximum atomic E-state index is 12.0. The van der Waals surface area contributed by atoms with E-state index in [0.29, 0.717) is 12.5 Å². The SMILES string of the molecule is C=CCCC(=O)N(CCC)CC1CCCCN1. The van der Waals surface area contributed by atoms with Gasteiger partial charge in [-0.2, -0.15) is 0 Å². The van der Waals surface area contributed by atoms with E-state index < -0.39 is 0 Å². The molecule has 0 aromatic heterocycles. The first-order chi connectivity index (χ1) is 8.27. The number of amides is 1. The molecule has 3 nitrogen and oxygen atoms in total. The van der Waals surface area contributed by atoms with Crippen molar-refractivity contribution in [2.24, 2.45) is 0 Å². The van der Waals surface area contributed by atoms with Crippen LogP contribution in [0.5, 0.6) is 0 Å². The quantitative estimate of drug-likeness (QED) is 0.690. The van der Waals surface area contributed by atoms with E-state index in [0.717, 1.165) is 32.5 Å². The number of allylic oxidation sites excluding steroid dienone is 1. The molecule has 1 unspecified atom stereocenters. The van der Waals surface area contributed by atoms with Gasteiger partial charge in [-0.3, -0.25) is 4.79 Å². The Hall–Kier alpha value is -0.830. The number of nitrogens with zero attached hydrogens (tertiary/aromatic N) is 1. The van der Waals surface area contributed by atoms with Gasteiger partial charge in [-0.05, 0) is 32.2 Å². The highest BCUT2D eigenvalue weighted by Gasteiger charge is 2.19. The Kier molecular flexibility index (Phi) is 6.94. The van der Waals surface area contributed by atoms with Crippen LogP contribution >= 0.6 is 0 Å². The maximum Gasteiger partial charge on any atom is 0.222 e. The second-order valence-electron chi connectivity index (χ2n) is 4.81. The van der Waals surface area contributed by atoms with Crippen LogP contribution in [-0.2, 0) is 4.79 Å². The molecule has 1 rings (SSSR count). The highest BCUT2D eigenvalue weighted by molar-refractivity contribution is 5.76. The molecule has 0 aromatic rings. The molecule has 98 valence electrons. The van der Waals surface area contributed by atoms with Crippen molar-refractivity contribution >= 4 is 5.91 Å². The van der Waals surface area contributed by atoms with Crippen molar-refractivity contribution in [1.82, 2.24) is 10.2 Å². The minimum atomic E-state index is 0.277. The third kappa shape index (κ3) is 5.35. The van der Waals surface area contributed by atoms with Crippen molar-refractivity contribution in [3.63, 3.8) is 0 Å².